The number of nitrogens with zero attached hydrogens (tertiary/aromatic N) is 2. The Bertz CT molecular complexity index is 1810. The number of thiophene rings is 1. The van der Waals surface area contributed by atoms with Crippen molar-refractivity contribution in [1.82, 2.24) is 9.97 Å². The zero-order valence-corrected chi connectivity index (χ0v) is 29.0. The van der Waals surface area contributed by atoms with Gasteiger partial charge in [0.25, 0.3) is 0 Å². The molecule has 221 valence electrons. The number of fused-ring (bicyclic) bond motifs is 3. The summed E-state index contributed by atoms with van der Waals surface area (Å²) in [4.78, 5) is 8.97. The van der Waals surface area contributed by atoms with Crippen LogP contribution in [0.4, 0.5) is 4.39 Å². The van der Waals surface area contributed by atoms with Gasteiger partial charge in [-0.1, -0.05) is 92.8 Å². The number of rotatable bonds is 5. The Morgan fingerprint density at radius 1 is 0.884 bits per heavy atom. The first-order chi connectivity index (χ1) is 20.4. The predicted molar refractivity (Wildman–Crippen MR) is 179 cm³/mol. The molecule has 1 saturated carbocycles. The second kappa shape index (κ2) is 13.7. The summed E-state index contributed by atoms with van der Waals surface area (Å²) in [5, 5.41) is 3.07. The van der Waals surface area contributed by atoms with Crippen molar-refractivity contribution in [2.45, 2.75) is 51.7 Å². The van der Waals surface area contributed by atoms with Crippen molar-refractivity contribution < 1.29 is 24.5 Å². The molecule has 3 heterocycles. The van der Waals surface area contributed by atoms with Gasteiger partial charge in [0.2, 0.25) is 0 Å². The predicted octanol–water partition coefficient (Wildman–Crippen LogP) is 9.88. The maximum Gasteiger partial charge on any atom is 0.0795 e. The van der Waals surface area contributed by atoms with E-state index in [1.807, 2.05) is 73.1 Å². The van der Waals surface area contributed by atoms with Crippen LogP contribution in [0.2, 0.25) is 19.6 Å². The van der Waals surface area contributed by atoms with E-state index in [1.165, 1.54) is 36.4 Å². The zero-order valence-electron chi connectivity index (χ0n) is 24.8. The van der Waals surface area contributed by atoms with Gasteiger partial charge in [-0.15, -0.1) is 48.0 Å². The van der Waals surface area contributed by atoms with Crippen LogP contribution in [0.3, 0.4) is 0 Å². The van der Waals surface area contributed by atoms with Gasteiger partial charge in [0.05, 0.1) is 8.07 Å². The molecule has 43 heavy (non-hydrogen) atoms. The van der Waals surface area contributed by atoms with Crippen molar-refractivity contribution in [3.63, 3.8) is 0 Å². The monoisotopic (exact) mass is 779 g/mol. The molecule has 0 N–H and O–H groups in total. The molecule has 0 amide bonds. The fourth-order valence-electron chi connectivity index (χ4n) is 5.74. The Labute approximate surface area is 272 Å². The normalized spacial score (nSPS) is 13.5. The van der Waals surface area contributed by atoms with Crippen LogP contribution in [0.15, 0.2) is 91.3 Å². The fraction of sp³-hybridized carbons (Fsp3) is 0.243. The van der Waals surface area contributed by atoms with Gasteiger partial charge in [0.1, 0.15) is 0 Å². The number of benzene rings is 3. The quantitative estimate of drug-likeness (QED) is 0.129. The van der Waals surface area contributed by atoms with Gasteiger partial charge < -0.3 is 9.97 Å². The molecule has 0 spiro atoms. The van der Waals surface area contributed by atoms with Crippen molar-refractivity contribution in [2.75, 3.05) is 0 Å². The van der Waals surface area contributed by atoms with Crippen LogP contribution in [0.5, 0.6) is 0 Å². The second-order valence-electron chi connectivity index (χ2n) is 12.2. The summed E-state index contributed by atoms with van der Waals surface area (Å²) in [5.41, 5.74) is 4.49. The molecule has 2 nitrogen and oxygen atoms in total. The Morgan fingerprint density at radius 3 is 2.40 bits per heavy atom. The summed E-state index contributed by atoms with van der Waals surface area (Å²) in [5.74, 6) is 0.563. The summed E-state index contributed by atoms with van der Waals surface area (Å²) < 4.78 is 17.4. The van der Waals surface area contributed by atoms with Gasteiger partial charge in [-0.2, -0.15) is 11.3 Å². The van der Waals surface area contributed by atoms with Gasteiger partial charge in [-0.05, 0) is 56.5 Å². The maximum atomic E-state index is 15.4. The Kier molecular flexibility index (Phi) is 10.0. The standard InChI is InChI=1S/C23H19FNS.C14H16NSi.Ir/c24-23-17(9-10-21-22(23)18-7-3-4-8-20(18)26-21)19-14-16(11-12-25-19)13-15-5-1-2-6-15;1-16(2,3)13-9-10-14(15-11-13)12-7-5-4-6-8-12;/h3-4,7-8,10-12,14-15H,1-2,5-6,13H2;4-7,9-11H,1-3H3;/q2*-1;. The number of pyridine rings is 2. The molecule has 0 atom stereocenters. The molecule has 0 bridgehead atoms. The van der Waals surface area contributed by atoms with Crippen molar-refractivity contribution in [2.24, 2.45) is 5.92 Å². The van der Waals surface area contributed by atoms with Gasteiger partial charge in [-0.3, -0.25) is 4.39 Å². The minimum atomic E-state index is -1.23. The molecule has 0 saturated heterocycles. The molecular formula is C37H35FIrN2SSi-2. The van der Waals surface area contributed by atoms with E-state index < -0.39 is 8.07 Å². The number of hydrogen-bond donors (Lipinski definition) is 0. The first-order valence-electron chi connectivity index (χ1n) is 14.8. The minimum Gasteiger partial charge on any atom is -0.305 e. The average Bonchev–Trinajstić information content (AvgIpc) is 3.66. The van der Waals surface area contributed by atoms with Gasteiger partial charge in [0.15, 0.2) is 0 Å². The van der Waals surface area contributed by atoms with Gasteiger partial charge in [0, 0.05) is 43.0 Å². The summed E-state index contributed by atoms with van der Waals surface area (Å²) in [6.45, 7) is 7.00. The van der Waals surface area contributed by atoms with Crippen molar-refractivity contribution in [1.29, 1.82) is 0 Å². The second-order valence-corrected chi connectivity index (χ2v) is 18.3. The summed E-state index contributed by atoms with van der Waals surface area (Å²) in [6, 6.07) is 32.6. The van der Waals surface area contributed by atoms with Crippen LogP contribution in [-0.4, -0.2) is 18.0 Å². The molecule has 6 heteroatoms. The molecule has 0 aliphatic heterocycles. The molecular weight excluding hydrogens is 744 g/mol. The van der Waals surface area contributed by atoms with Crippen LogP contribution >= 0.6 is 11.3 Å². The van der Waals surface area contributed by atoms with E-state index in [4.69, 9.17) is 0 Å². The molecule has 3 aromatic heterocycles. The molecule has 3 aromatic carbocycles. The smallest absolute Gasteiger partial charge is 0.0795 e. The largest absolute Gasteiger partial charge is 0.305 e. The first kappa shape index (κ1) is 31.4. The summed E-state index contributed by atoms with van der Waals surface area (Å²) in [6.07, 6.45) is 10.2. The summed E-state index contributed by atoms with van der Waals surface area (Å²) >= 11 is 1.61. The maximum absolute atomic E-state index is 15.4. The molecule has 0 unspecified atom stereocenters. The molecule has 1 fully saturated rings. The van der Waals surface area contributed by atoms with E-state index in [0.29, 0.717) is 16.6 Å². The average molecular weight is 779 g/mol. The van der Waals surface area contributed by atoms with Crippen LogP contribution in [-0.2, 0) is 26.5 Å². The minimum absolute atomic E-state index is 0. The van der Waals surface area contributed by atoms with Crippen LogP contribution in [0.25, 0.3) is 42.7 Å². The van der Waals surface area contributed by atoms with Crippen LogP contribution in [0.1, 0.15) is 31.2 Å². The third kappa shape index (κ3) is 7.21. The van der Waals surface area contributed by atoms with E-state index in [2.05, 4.69) is 59.9 Å². The van der Waals surface area contributed by atoms with E-state index >= 15 is 4.39 Å². The Balaban J connectivity index is 0.000000188. The van der Waals surface area contributed by atoms with E-state index in [-0.39, 0.29) is 25.9 Å². The molecule has 1 aliphatic rings. The Hall–Kier alpha value is -3.02. The summed E-state index contributed by atoms with van der Waals surface area (Å²) in [7, 11) is -1.23. The van der Waals surface area contributed by atoms with Gasteiger partial charge in [-0.25, -0.2) is 0 Å². The number of halogens is 1. The Morgan fingerprint density at radius 2 is 1.67 bits per heavy atom. The number of hydrogen-bond acceptors (Lipinski definition) is 3. The van der Waals surface area contributed by atoms with Crippen LogP contribution < -0.4 is 5.19 Å². The fourth-order valence-corrected chi connectivity index (χ4v) is 7.86. The van der Waals surface area contributed by atoms with Gasteiger partial charge >= 0.3 is 0 Å². The molecule has 1 aliphatic carbocycles. The van der Waals surface area contributed by atoms with E-state index in [1.54, 1.807) is 11.3 Å². The third-order valence-corrected chi connectivity index (χ3v) is 11.2. The van der Waals surface area contributed by atoms with E-state index in [0.717, 1.165) is 38.4 Å². The SMILES string of the molecule is C[Si](C)(C)c1ccc(-c2[c-]cccc2)nc1.Fc1c(-c2cc(CC3CCCC3)ccn2)[c-]cc2sc3ccccc3c12.[Ir]. The van der Waals surface area contributed by atoms with Crippen LogP contribution in [0, 0.1) is 23.9 Å². The van der Waals surface area contributed by atoms with Crippen molar-refractivity contribution >= 4 is 44.8 Å². The molecule has 7 rings (SSSR count). The van der Waals surface area contributed by atoms with Crippen molar-refractivity contribution in [3.8, 4) is 22.5 Å². The topological polar surface area (TPSA) is 25.8 Å². The van der Waals surface area contributed by atoms with E-state index in [9.17, 15) is 0 Å². The van der Waals surface area contributed by atoms with Crippen molar-refractivity contribution in [3.05, 3.63) is 115 Å². The molecule has 1 radical (unpaired) electrons. The third-order valence-electron chi connectivity index (χ3n) is 8.10. The number of aromatic nitrogens is 2. The molecule has 6 aromatic rings. The zero-order chi connectivity index (χ0) is 29.1. The first-order valence-corrected chi connectivity index (χ1v) is 19.1.